The molecule has 4 rings (SSSR count). The Morgan fingerprint density at radius 2 is 1.94 bits per heavy atom. The maximum atomic E-state index is 12.7. The minimum absolute atomic E-state index is 0.0881. The number of nitro benzene ring substituents is 1. The molecule has 0 aliphatic carbocycles. The van der Waals surface area contributed by atoms with Crippen LogP contribution in [0.3, 0.4) is 0 Å². The van der Waals surface area contributed by atoms with E-state index in [0.717, 1.165) is 17.8 Å². The number of benzene rings is 2. The first-order valence-electron chi connectivity index (χ1n) is 10.6. The Morgan fingerprint density at radius 1 is 1.15 bits per heavy atom. The Balaban J connectivity index is 1.48. The van der Waals surface area contributed by atoms with Crippen LogP contribution in [0.4, 0.5) is 22.7 Å². The van der Waals surface area contributed by atoms with E-state index in [1.165, 1.54) is 18.2 Å². The molecule has 0 bridgehead atoms. The first-order valence-corrected chi connectivity index (χ1v) is 10.6. The van der Waals surface area contributed by atoms with E-state index in [1.807, 2.05) is 19.1 Å². The lowest BCUT2D eigenvalue weighted by Gasteiger charge is -2.16. The van der Waals surface area contributed by atoms with Gasteiger partial charge in [-0.3, -0.25) is 24.7 Å². The molecule has 0 spiro atoms. The lowest BCUT2D eigenvalue weighted by molar-refractivity contribution is -0.384. The summed E-state index contributed by atoms with van der Waals surface area (Å²) in [7, 11) is 0. The number of nitrogens with one attached hydrogen (secondary N) is 2. The van der Waals surface area contributed by atoms with Crippen molar-refractivity contribution < 1.29 is 14.5 Å². The van der Waals surface area contributed by atoms with Crippen molar-refractivity contribution in [2.75, 3.05) is 22.1 Å². The number of amides is 2. The number of anilines is 3. The Labute approximate surface area is 190 Å². The number of nitrogens with zero attached hydrogens (tertiary/aromatic N) is 3. The molecule has 0 saturated carbocycles. The number of pyridine rings is 1. The zero-order valence-electron chi connectivity index (χ0n) is 18.0. The molecule has 1 aliphatic rings. The third kappa shape index (κ3) is 4.98. The molecular formula is C24H23N5O4. The molecule has 1 fully saturated rings. The van der Waals surface area contributed by atoms with E-state index in [9.17, 15) is 19.7 Å². The van der Waals surface area contributed by atoms with Crippen molar-refractivity contribution in [2.45, 2.75) is 25.8 Å². The Hall–Kier alpha value is -4.27. The fourth-order valence-corrected chi connectivity index (χ4v) is 3.73. The average molecular weight is 445 g/mol. The SMILES string of the molecule is CC(Nc1ccc(C(=O)Nc2ccc(N3CCCC3=O)cc2)cc1[N+](=O)[O-])c1ccccn1. The van der Waals surface area contributed by atoms with Gasteiger partial charge in [-0.15, -0.1) is 0 Å². The molecular weight excluding hydrogens is 422 g/mol. The molecule has 1 aromatic heterocycles. The van der Waals surface area contributed by atoms with Crippen molar-refractivity contribution in [1.82, 2.24) is 4.98 Å². The molecule has 168 valence electrons. The molecule has 2 N–H and O–H groups in total. The molecule has 1 unspecified atom stereocenters. The van der Waals surface area contributed by atoms with E-state index in [-0.39, 0.29) is 23.2 Å². The largest absolute Gasteiger partial charge is 0.371 e. The number of carbonyl (C=O) groups excluding carboxylic acids is 2. The van der Waals surface area contributed by atoms with Crippen LogP contribution < -0.4 is 15.5 Å². The van der Waals surface area contributed by atoms with Gasteiger partial charge in [0.2, 0.25) is 5.91 Å². The molecule has 1 saturated heterocycles. The molecule has 2 amide bonds. The fourth-order valence-electron chi connectivity index (χ4n) is 3.73. The Morgan fingerprint density at radius 3 is 2.58 bits per heavy atom. The normalized spacial score (nSPS) is 14.1. The third-order valence-corrected chi connectivity index (χ3v) is 5.47. The maximum absolute atomic E-state index is 12.7. The number of aromatic nitrogens is 1. The molecule has 9 nitrogen and oxygen atoms in total. The summed E-state index contributed by atoms with van der Waals surface area (Å²) in [5, 5.41) is 17.5. The van der Waals surface area contributed by atoms with Gasteiger partial charge < -0.3 is 15.5 Å². The van der Waals surface area contributed by atoms with Gasteiger partial charge in [0.15, 0.2) is 0 Å². The van der Waals surface area contributed by atoms with Gasteiger partial charge in [-0.05, 0) is 61.9 Å². The summed E-state index contributed by atoms with van der Waals surface area (Å²) >= 11 is 0. The number of hydrogen-bond donors (Lipinski definition) is 2. The molecule has 33 heavy (non-hydrogen) atoms. The zero-order valence-corrected chi connectivity index (χ0v) is 18.0. The van der Waals surface area contributed by atoms with Crippen molar-refractivity contribution in [3.63, 3.8) is 0 Å². The van der Waals surface area contributed by atoms with Gasteiger partial charge in [0.05, 0.1) is 16.7 Å². The van der Waals surface area contributed by atoms with Gasteiger partial charge in [-0.1, -0.05) is 6.07 Å². The summed E-state index contributed by atoms with van der Waals surface area (Å²) in [5.74, 6) is -0.377. The van der Waals surface area contributed by atoms with E-state index in [0.29, 0.717) is 24.3 Å². The van der Waals surface area contributed by atoms with Gasteiger partial charge in [0, 0.05) is 42.2 Å². The van der Waals surface area contributed by atoms with Crippen LogP contribution in [0.15, 0.2) is 66.9 Å². The summed E-state index contributed by atoms with van der Waals surface area (Å²) in [6, 6.07) is 16.5. The minimum atomic E-state index is -0.522. The zero-order chi connectivity index (χ0) is 23.4. The number of nitro groups is 1. The predicted octanol–water partition coefficient (Wildman–Crippen LogP) is 4.54. The first kappa shape index (κ1) is 21.9. The van der Waals surface area contributed by atoms with Crippen LogP contribution in [0.1, 0.15) is 41.9 Å². The number of hydrogen-bond acceptors (Lipinski definition) is 6. The molecule has 3 aromatic rings. The van der Waals surface area contributed by atoms with Crippen molar-refractivity contribution >= 4 is 34.6 Å². The highest BCUT2D eigenvalue weighted by Gasteiger charge is 2.22. The molecule has 2 aromatic carbocycles. The lowest BCUT2D eigenvalue weighted by Crippen LogP contribution is -2.23. The number of carbonyl (C=O) groups is 2. The number of rotatable bonds is 7. The van der Waals surface area contributed by atoms with Crippen LogP contribution >= 0.6 is 0 Å². The summed E-state index contributed by atoms with van der Waals surface area (Å²) in [6.07, 6.45) is 3.04. The molecule has 9 heteroatoms. The lowest BCUT2D eigenvalue weighted by atomic mass is 10.1. The standard InChI is InChI=1S/C24H23N5O4/c1-16(20-5-2-3-13-25-20)26-21-12-7-17(15-22(21)29(32)33)24(31)27-18-8-10-19(11-9-18)28-14-4-6-23(28)30/h2-3,5,7-13,15-16,26H,4,6,14H2,1H3,(H,27,31). The Bertz CT molecular complexity index is 1180. The van der Waals surface area contributed by atoms with Crippen LogP contribution in [0, 0.1) is 10.1 Å². The third-order valence-electron chi connectivity index (χ3n) is 5.47. The summed E-state index contributed by atoms with van der Waals surface area (Å²) < 4.78 is 0. The maximum Gasteiger partial charge on any atom is 0.293 e. The Kier molecular flexibility index (Phi) is 6.30. The van der Waals surface area contributed by atoms with Crippen LogP contribution in [-0.4, -0.2) is 28.3 Å². The monoisotopic (exact) mass is 445 g/mol. The molecule has 1 aliphatic heterocycles. The van der Waals surface area contributed by atoms with Crippen molar-refractivity contribution in [3.05, 3.63) is 88.2 Å². The van der Waals surface area contributed by atoms with Crippen LogP contribution in [0.5, 0.6) is 0 Å². The van der Waals surface area contributed by atoms with Crippen LogP contribution in [0.25, 0.3) is 0 Å². The highest BCUT2D eigenvalue weighted by atomic mass is 16.6. The molecule has 2 heterocycles. The van der Waals surface area contributed by atoms with Gasteiger partial charge in [-0.25, -0.2) is 0 Å². The first-order chi connectivity index (χ1) is 15.9. The van der Waals surface area contributed by atoms with Crippen LogP contribution in [0.2, 0.25) is 0 Å². The predicted molar refractivity (Wildman–Crippen MR) is 125 cm³/mol. The second-order valence-corrected chi connectivity index (χ2v) is 7.76. The van der Waals surface area contributed by atoms with Gasteiger partial charge in [0.25, 0.3) is 11.6 Å². The van der Waals surface area contributed by atoms with Crippen molar-refractivity contribution in [1.29, 1.82) is 0 Å². The van der Waals surface area contributed by atoms with E-state index >= 15 is 0 Å². The highest BCUT2D eigenvalue weighted by molar-refractivity contribution is 6.05. The van der Waals surface area contributed by atoms with Gasteiger partial charge in [0.1, 0.15) is 5.69 Å². The minimum Gasteiger partial charge on any atom is -0.371 e. The average Bonchev–Trinajstić information content (AvgIpc) is 3.26. The van der Waals surface area contributed by atoms with Crippen molar-refractivity contribution in [2.24, 2.45) is 0 Å². The summed E-state index contributed by atoms with van der Waals surface area (Å²) in [5.41, 5.74) is 2.32. The summed E-state index contributed by atoms with van der Waals surface area (Å²) in [4.78, 5) is 41.7. The van der Waals surface area contributed by atoms with Gasteiger partial charge >= 0.3 is 0 Å². The second kappa shape index (κ2) is 9.47. The quantitative estimate of drug-likeness (QED) is 0.407. The van der Waals surface area contributed by atoms with Crippen LogP contribution in [-0.2, 0) is 4.79 Å². The second-order valence-electron chi connectivity index (χ2n) is 7.76. The van der Waals surface area contributed by atoms with E-state index in [1.54, 1.807) is 41.4 Å². The van der Waals surface area contributed by atoms with Crippen molar-refractivity contribution in [3.8, 4) is 0 Å². The summed E-state index contributed by atoms with van der Waals surface area (Å²) in [6.45, 7) is 2.54. The highest BCUT2D eigenvalue weighted by Crippen LogP contribution is 2.29. The van der Waals surface area contributed by atoms with E-state index in [2.05, 4.69) is 15.6 Å². The molecule has 1 atom stereocenters. The van der Waals surface area contributed by atoms with Gasteiger partial charge in [-0.2, -0.15) is 0 Å². The smallest absolute Gasteiger partial charge is 0.293 e. The topological polar surface area (TPSA) is 117 Å². The molecule has 0 radical (unpaired) electrons. The van der Waals surface area contributed by atoms with E-state index in [4.69, 9.17) is 0 Å². The fraction of sp³-hybridized carbons (Fsp3) is 0.208. The van der Waals surface area contributed by atoms with E-state index < -0.39 is 10.8 Å².